The van der Waals surface area contributed by atoms with Crippen LogP contribution in [-0.2, 0) is 6.42 Å². The molecule has 5 nitrogen and oxygen atoms in total. The molecule has 138 valence electrons. The molecule has 1 atom stereocenters. The van der Waals surface area contributed by atoms with Crippen molar-refractivity contribution in [1.82, 2.24) is 15.6 Å². The first-order chi connectivity index (χ1) is 11.6. The van der Waals surface area contributed by atoms with E-state index in [2.05, 4.69) is 34.5 Å². The minimum atomic E-state index is 0. The lowest BCUT2D eigenvalue weighted by molar-refractivity contribution is 0.224. The summed E-state index contributed by atoms with van der Waals surface area (Å²) in [4.78, 5) is 10.1. The molecule has 1 heterocycles. The number of nitrogens with one attached hydrogen (secondary N) is 2. The van der Waals surface area contributed by atoms with Crippen molar-refractivity contribution in [2.45, 2.75) is 33.3 Å². The number of nitrogens with zero attached hydrogens (tertiary/aromatic N) is 2. The van der Waals surface area contributed by atoms with E-state index in [1.165, 1.54) is 4.88 Å². The normalized spacial score (nSPS) is 12.2. The number of thiazole rings is 1. The van der Waals surface area contributed by atoms with Gasteiger partial charge in [-0.2, -0.15) is 0 Å². The fourth-order valence-electron chi connectivity index (χ4n) is 2.17. The Labute approximate surface area is 171 Å². The first kappa shape index (κ1) is 21.7. The molecule has 2 aromatic rings. The number of hydrogen-bond acceptors (Lipinski definition) is 4. The number of aryl methyl sites for hydroxylation is 2. The van der Waals surface area contributed by atoms with Crippen molar-refractivity contribution in [3.8, 4) is 5.75 Å². The summed E-state index contributed by atoms with van der Waals surface area (Å²) in [5.41, 5.74) is 1.13. The van der Waals surface area contributed by atoms with Gasteiger partial charge in [0.2, 0.25) is 0 Å². The van der Waals surface area contributed by atoms with Crippen molar-refractivity contribution >= 4 is 41.3 Å². The van der Waals surface area contributed by atoms with Gasteiger partial charge in [0, 0.05) is 24.9 Å². The highest BCUT2D eigenvalue weighted by Crippen LogP contribution is 2.16. The Morgan fingerprint density at radius 2 is 1.96 bits per heavy atom. The summed E-state index contributed by atoms with van der Waals surface area (Å²) in [6.07, 6.45) is 0.950. The van der Waals surface area contributed by atoms with E-state index in [1.54, 1.807) is 18.4 Å². The number of aromatic nitrogens is 1. The summed E-state index contributed by atoms with van der Waals surface area (Å²) in [5, 5.41) is 7.77. The summed E-state index contributed by atoms with van der Waals surface area (Å²) in [6.45, 7) is 7.69. The third-order valence-electron chi connectivity index (χ3n) is 3.57. The second-order valence-electron chi connectivity index (χ2n) is 5.62. The zero-order chi connectivity index (χ0) is 17.4. The zero-order valence-electron chi connectivity index (χ0n) is 15.2. The first-order valence-electron chi connectivity index (χ1n) is 8.17. The van der Waals surface area contributed by atoms with Crippen LogP contribution < -0.4 is 15.4 Å². The largest absolute Gasteiger partial charge is 0.489 e. The van der Waals surface area contributed by atoms with Gasteiger partial charge in [-0.3, -0.25) is 4.99 Å². The number of para-hydroxylation sites is 1. The zero-order valence-corrected chi connectivity index (χ0v) is 18.4. The summed E-state index contributed by atoms with van der Waals surface area (Å²) in [7, 11) is 1.77. The standard InChI is InChI=1S/C18H26N4OS.HI/c1-13(23-16-8-6-5-7-9-16)12-21-18(19-4)20-11-10-17-22-14(2)15(3)24-17;/h5-9,13H,10-12H2,1-4H3,(H2,19,20,21);1H. The van der Waals surface area contributed by atoms with Crippen molar-refractivity contribution in [3.05, 3.63) is 45.9 Å². The van der Waals surface area contributed by atoms with Crippen LogP contribution in [0.25, 0.3) is 0 Å². The van der Waals surface area contributed by atoms with Gasteiger partial charge in [0.25, 0.3) is 0 Å². The lowest BCUT2D eigenvalue weighted by Gasteiger charge is -2.17. The Hall–Kier alpha value is -1.35. The quantitative estimate of drug-likeness (QED) is 0.366. The number of aliphatic imine (C=N–C) groups is 1. The lowest BCUT2D eigenvalue weighted by Crippen LogP contribution is -2.42. The van der Waals surface area contributed by atoms with Crippen LogP contribution in [0, 0.1) is 13.8 Å². The third-order valence-corrected chi connectivity index (χ3v) is 4.70. The van der Waals surface area contributed by atoms with Crippen LogP contribution in [0.5, 0.6) is 5.75 Å². The van der Waals surface area contributed by atoms with Crippen LogP contribution in [0.15, 0.2) is 35.3 Å². The summed E-state index contributed by atoms with van der Waals surface area (Å²) >= 11 is 1.76. The van der Waals surface area contributed by atoms with Gasteiger partial charge in [-0.05, 0) is 32.9 Å². The Morgan fingerprint density at radius 3 is 2.56 bits per heavy atom. The Balaban J connectivity index is 0.00000312. The van der Waals surface area contributed by atoms with Crippen molar-refractivity contribution in [2.75, 3.05) is 20.1 Å². The molecule has 1 aromatic carbocycles. The van der Waals surface area contributed by atoms with Gasteiger partial charge >= 0.3 is 0 Å². The van der Waals surface area contributed by atoms with E-state index >= 15 is 0 Å². The highest BCUT2D eigenvalue weighted by molar-refractivity contribution is 14.0. The fraction of sp³-hybridized carbons (Fsp3) is 0.444. The van der Waals surface area contributed by atoms with E-state index in [4.69, 9.17) is 4.74 Å². The van der Waals surface area contributed by atoms with Gasteiger partial charge in [0.15, 0.2) is 5.96 Å². The molecule has 25 heavy (non-hydrogen) atoms. The third kappa shape index (κ3) is 7.60. The fourth-order valence-corrected chi connectivity index (χ4v) is 3.10. The van der Waals surface area contributed by atoms with Gasteiger partial charge in [0.1, 0.15) is 11.9 Å². The topological polar surface area (TPSA) is 58.5 Å². The SMILES string of the molecule is CN=C(NCCc1nc(C)c(C)s1)NCC(C)Oc1ccccc1.I. The number of ether oxygens (including phenoxy) is 1. The molecule has 0 aliphatic rings. The molecule has 0 radical (unpaired) electrons. The predicted octanol–water partition coefficient (Wildman–Crippen LogP) is 3.55. The van der Waals surface area contributed by atoms with Crippen molar-refractivity contribution in [1.29, 1.82) is 0 Å². The highest BCUT2D eigenvalue weighted by atomic mass is 127. The van der Waals surface area contributed by atoms with Gasteiger partial charge < -0.3 is 15.4 Å². The Kier molecular flexibility index (Phi) is 9.81. The van der Waals surface area contributed by atoms with Crippen molar-refractivity contribution < 1.29 is 4.74 Å². The molecule has 0 saturated heterocycles. The molecule has 0 saturated carbocycles. The molecule has 2 rings (SSSR count). The van der Waals surface area contributed by atoms with Crippen LogP contribution in [0.4, 0.5) is 0 Å². The summed E-state index contributed by atoms with van der Waals surface area (Å²) in [6, 6.07) is 9.84. The summed E-state index contributed by atoms with van der Waals surface area (Å²) < 4.78 is 5.85. The van der Waals surface area contributed by atoms with E-state index in [9.17, 15) is 0 Å². The predicted molar refractivity (Wildman–Crippen MR) is 117 cm³/mol. The number of guanidine groups is 1. The highest BCUT2D eigenvalue weighted by Gasteiger charge is 2.07. The van der Waals surface area contributed by atoms with Crippen molar-refractivity contribution in [3.63, 3.8) is 0 Å². The summed E-state index contributed by atoms with van der Waals surface area (Å²) in [5.74, 6) is 1.66. The first-order valence-corrected chi connectivity index (χ1v) is 8.99. The van der Waals surface area contributed by atoms with Crippen molar-refractivity contribution in [2.24, 2.45) is 4.99 Å². The molecule has 0 aliphatic carbocycles. The second kappa shape index (κ2) is 11.3. The van der Waals surface area contributed by atoms with Crippen LogP contribution in [0.3, 0.4) is 0 Å². The van der Waals surface area contributed by atoms with E-state index in [0.29, 0.717) is 6.54 Å². The maximum absolute atomic E-state index is 5.85. The molecule has 0 amide bonds. The van der Waals surface area contributed by atoms with E-state index in [0.717, 1.165) is 35.4 Å². The van der Waals surface area contributed by atoms with Gasteiger partial charge in [0.05, 0.1) is 17.2 Å². The molecular formula is C18H27IN4OS. The molecule has 7 heteroatoms. The molecule has 1 aromatic heterocycles. The number of halogens is 1. The van der Waals surface area contributed by atoms with E-state index in [1.807, 2.05) is 37.3 Å². The second-order valence-corrected chi connectivity index (χ2v) is 6.91. The maximum Gasteiger partial charge on any atom is 0.191 e. The van der Waals surface area contributed by atoms with Crippen LogP contribution in [0.2, 0.25) is 0 Å². The average Bonchev–Trinajstić information content (AvgIpc) is 2.89. The maximum atomic E-state index is 5.85. The molecule has 2 N–H and O–H groups in total. The molecule has 0 spiro atoms. The van der Waals surface area contributed by atoms with Gasteiger partial charge in [-0.25, -0.2) is 4.98 Å². The number of benzene rings is 1. The Morgan fingerprint density at radius 1 is 1.24 bits per heavy atom. The minimum Gasteiger partial charge on any atom is -0.489 e. The van der Waals surface area contributed by atoms with E-state index < -0.39 is 0 Å². The molecule has 0 bridgehead atoms. The van der Waals surface area contributed by atoms with Crippen LogP contribution >= 0.6 is 35.3 Å². The molecule has 1 unspecified atom stereocenters. The average molecular weight is 474 g/mol. The lowest BCUT2D eigenvalue weighted by atomic mass is 10.3. The number of hydrogen-bond donors (Lipinski definition) is 2. The van der Waals surface area contributed by atoms with Crippen LogP contribution in [0.1, 0.15) is 22.5 Å². The number of rotatable bonds is 7. The van der Waals surface area contributed by atoms with E-state index in [-0.39, 0.29) is 30.1 Å². The Bertz CT molecular complexity index is 641. The van der Waals surface area contributed by atoms with Gasteiger partial charge in [-0.15, -0.1) is 35.3 Å². The van der Waals surface area contributed by atoms with Gasteiger partial charge in [-0.1, -0.05) is 18.2 Å². The van der Waals surface area contributed by atoms with Crippen LogP contribution in [-0.4, -0.2) is 37.2 Å². The smallest absolute Gasteiger partial charge is 0.191 e. The molecular weight excluding hydrogens is 447 g/mol. The molecule has 0 aliphatic heterocycles. The molecule has 0 fully saturated rings. The monoisotopic (exact) mass is 474 g/mol. The minimum absolute atomic E-state index is 0.